The Morgan fingerprint density at radius 1 is 0.574 bits per heavy atom. The molecule has 5 aromatic carbocycles. The molecule has 0 bridgehead atoms. The zero-order valence-corrected chi connectivity index (χ0v) is 25.8. The van der Waals surface area contributed by atoms with E-state index in [-0.39, 0.29) is 12.3 Å². The normalized spacial score (nSPS) is 18.5. The van der Waals surface area contributed by atoms with Gasteiger partial charge in [0.2, 0.25) is 0 Å². The van der Waals surface area contributed by atoms with Crippen molar-refractivity contribution in [1.29, 1.82) is 0 Å². The molecular formula is C42H33N5. The van der Waals surface area contributed by atoms with E-state index in [0.717, 1.165) is 24.2 Å². The van der Waals surface area contributed by atoms with Crippen molar-refractivity contribution >= 4 is 50.2 Å². The van der Waals surface area contributed by atoms with Crippen LogP contribution < -0.4 is 15.5 Å². The molecule has 5 nitrogen and oxygen atoms in total. The van der Waals surface area contributed by atoms with Gasteiger partial charge in [0.1, 0.15) is 12.3 Å². The van der Waals surface area contributed by atoms with Gasteiger partial charge in [0.25, 0.3) is 0 Å². The molecular weight excluding hydrogens is 574 g/mol. The molecule has 0 radical (unpaired) electrons. The Morgan fingerprint density at radius 3 is 1.94 bits per heavy atom. The van der Waals surface area contributed by atoms with Crippen molar-refractivity contribution in [2.45, 2.75) is 25.2 Å². The van der Waals surface area contributed by atoms with E-state index in [1.54, 1.807) is 0 Å². The van der Waals surface area contributed by atoms with Gasteiger partial charge in [-0.3, -0.25) is 0 Å². The number of para-hydroxylation sites is 4. The number of aromatic nitrogens is 2. The number of hydrogen-bond donors (Lipinski definition) is 2. The topological polar surface area (TPSA) is 37.2 Å². The summed E-state index contributed by atoms with van der Waals surface area (Å²) >= 11 is 0. The maximum absolute atomic E-state index is 3.93. The van der Waals surface area contributed by atoms with E-state index in [2.05, 4.69) is 176 Å². The first-order valence-corrected chi connectivity index (χ1v) is 16.5. The monoisotopic (exact) mass is 607 g/mol. The molecule has 2 unspecified atom stereocenters. The average molecular weight is 608 g/mol. The highest BCUT2D eigenvalue weighted by Crippen LogP contribution is 2.40. The minimum atomic E-state index is -0.0451. The van der Waals surface area contributed by atoms with Gasteiger partial charge in [-0.25, -0.2) is 0 Å². The Kier molecular flexibility index (Phi) is 5.76. The molecule has 1 saturated heterocycles. The molecule has 4 heterocycles. The fourth-order valence-corrected chi connectivity index (χ4v) is 8.00. The highest BCUT2D eigenvalue weighted by molar-refractivity contribution is 6.10. The van der Waals surface area contributed by atoms with Crippen molar-refractivity contribution in [3.05, 3.63) is 168 Å². The van der Waals surface area contributed by atoms with Gasteiger partial charge in [0, 0.05) is 39.4 Å². The van der Waals surface area contributed by atoms with Crippen LogP contribution in [0.3, 0.4) is 0 Å². The maximum atomic E-state index is 3.93. The quantitative estimate of drug-likeness (QED) is 0.210. The SMILES string of the molecule is C1=Cc2c(c3ccccc3n2-c2ccc(C3NC4=CC(n5c6ccccc6c6ccccc65)=CNC4N3c3ccccc3)cc2)CC1. The van der Waals surface area contributed by atoms with Gasteiger partial charge in [0.05, 0.1) is 27.9 Å². The first kappa shape index (κ1) is 26.3. The second-order valence-electron chi connectivity index (χ2n) is 12.6. The number of fused-ring (bicyclic) bond motifs is 7. The molecule has 1 fully saturated rings. The van der Waals surface area contributed by atoms with Crippen LogP contribution in [0.5, 0.6) is 0 Å². The molecule has 5 heteroatoms. The fourth-order valence-electron chi connectivity index (χ4n) is 8.00. The fraction of sp³-hybridized carbons (Fsp3) is 0.0952. The molecule has 3 aliphatic rings. The predicted molar refractivity (Wildman–Crippen MR) is 194 cm³/mol. The molecule has 2 aromatic heterocycles. The molecule has 226 valence electrons. The van der Waals surface area contributed by atoms with E-state index in [4.69, 9.17) is 0 Å². The molecule has 0 amide bonds. The van der Waals surface area contributed by atoms with Crippen LogP contribution in [0.4, 0.5) is 5.69 Å². The Morgan fingerprint density at radius 2 is 1.21 bits per heavy atom. The molecule has 1 aliphatic carbocycles. The van der Waals surface area contributed by atoms with Crippen molar-refractivity contribution in [3.8, 4) is 5.69 Å². The van der Waals surface area contributed by atoms with Gasteiger partial charge >= 0.3 is 0 Å². The minimum Gasteiger partial charge on any atom is -0.364 e. The van der Waals surface area contributed by atoms with Crippen molar-refractivity contribution in [1.82, 2.24) is 19.8 Å². The number of anilines is 1. The lowest BCUT2D eigenvalue weighted by Gasteiger charge is -2.32. The van der Waals surface area contributed by atoms with E-state index in [0.29, 0.717) is 0 Å². The lowest BCUT2D eigenvalue weighted by molar-refractivity contribution is 0.605. The van der Waals surface area contributed by atoms with E-state index in [9.17, 15) is 0 Å². The molecule has 0 spiro atoms. The summed E-state index contributed by atoms with van der Waals surface area (Å²) in [5.41, 5.74) is 12.3. The van der Waals surface area contributed by atoms with Gasteiger partial charge in [-0.05, 0) is 78.6 Å². The lowest BCUT2D eigenvalue weighted by Crippen LogP contribution is -2.42. The summed E-state index contributed by atoms with van der Waals surface area (Å²) in [6, 6.07) is 46.0. The van der Waals surface area contributed by atoms with Crippen LogP contribution in [-0.4, -0.2) is 15.3 Å². The molecule has 7 aromatic rings. The standard InChI is InChI=1S/C42H33N5/c1-2-12-29(13-3-1)47-41(28-22-24-30(25-23-28)45-37-18-8-4-14-32(37)33-15-5-9-19-38(33)45)44-36-26-31(27-43-42(36)47)46-39-20-10-6-16-34(39)35-17-7-11-21-40(35)46/h1-4,6-14,16-27,41-44H,5,15H2. The zero-order chi connectivity index (χ0) is 30.9. The number of nitrogens with zero attached hydrogens (tertiary/aromatic N) is 3. The average Bonchev–Trinajstić information content (AvgIpc) is 3.80. The second-order valence-corrected chi connectivity index (χ2v) is 12.6. The third kappa shape index (κ3) is 3.96. The van der Waals surface area contributed by atoms with Crippen molar-refractivity contribution in [2.75, 3.05) is 4.90 Å². The Balaban J connectivity index is 1.06. The van der Waals surface area contributed by atoms with Gasteiger partial charge in [-0.1, -0.05) is 91.0 Å². The van der Waals surface area contributed by atoms with Crippen molar-refractivity contribution in [2.24, 2.45) is 0 Å². The Hall–Kier alpha value is -5.94. The molecule has 10 rings (SSSR count). The third-order valence-electron chi connectivity index (χ3n) is 10.1. The summed E-state index contributed by atoms with van der Waals surface area (Å²) in [4.78, 5) is 2.45. The largest absolute Gasteiger partial charge is 0.364 e. The van der Waals surface area contributed by atoms with Gasteiger partial charge < -0.3 is 24.7 Å². The van der Waals surface area contributed by atoms with E-state index in [1.807, 2.05) is 0 Å². The number of benzene rings is 5. The minimum absolute atomic E-state index is 0.0236. The van der Waals surface area contributed by atoms with Crippen molar-refractivity contribution < 1.29 is 0 Å². The van der Waals surface area contributed by atoms with Crippen LogP contribution >= 0.6 is 0 Å². The lowest BCUT2D eigenvalue weighted by atomic mass is 10.0. The first-order valence-electron chi connectivity index (χ1n) is 16.5. The number of nitrogens with one attached hydrogen (secondary N) is 2. The molecule has 2 N–H and O–H groups in total. The Labute approximate surface area is 273 Å². The van der Waals surface area contributed by atoms with E-state index in [1.165, 1.54) is 60.9 Å². The number of hydrogen-bond acceptors (Lipinski definition) is 3. The van der Waals surface area contributed by atoms with Crippen LogP contribution in [-0.2, 0) is 6.42 Å². The first-order chi connectivity index (χ1) is 23.3. The second kappa shape index (κ2) is 10.3. The van der Waals surface area contributed by atoms with Crippen molar-refractivity contribution in [3.63, 3.8) is 0 Å². The number of dihydropyridines is 1. The van der Waals surface area contributed by atoms with Crippen LogP contribution in [0.25, 0.3) is 50.2 Å². The van der Waals surface area contributed by atoms with Crippen LogP contribution in [0, 0.1) is 0 Å². The number of aryl methyl sites for hydroxylation is 1. The highest BCUT2D eigenvalue weighted by Gasteiger charge is 2.39. The maximum Gasteiger partial charge on any atom is 0.142 e. The van der Waals surface area contributed by atoms with Crippen LogP contribution in [0.1, 0.15) is 29.4 Å². The molecule has 2 aliphatic heterocycles. The molecule has 47 heavy (non-hydrogen) atoms. The van der Waals surface area contributed by atoms with Crippen LogP contribution in [0.15, 0.2) is 151 Å². The van der Waals surface area contributed by atoms with E-state index < -0.39 is 0 Å². The third-order valence-corrected chi connectivity index (χ3v) is 10.1. The highest BCUT2D eigenvalue weighted by atomic mass is 15.4. The van der Waals surface area contributed by atoms with Gasteiger partial charge in [-0.2, -0.15) is 0 Å². The van der Waals surface area contributed by atoms with Gasteiger partial charge in [-0.15, -0.1) is 0 Å². The predicted octanol–water partition coefficient (Wildman–Crippen LogP) is 9.12. The summed E-state index contributed by atoms with van der Waals surface area (Å²) < 4.78 is 4.79. The van der Waals surface area contributed by atoms with E-state index >= 15 is 0 Å². The molecule has 2 atom stereocenters. The summed E-state index contributed by atoms with van der Waals surface area (Å²) in [5.74, 6) is 0. The van der Waals surface area contributed by atoms with Gasteiger partial charge in [0.15, 0.2) is 0 Å². The summed E-state index contributed by atoms with van der Waals surface area (Å²) in [6.07, 6.45) is 11.2. The molecule has 0 saturated carbocycles. The van der Waals surface area contributed by atoms with Crippen LogP contribution in [0.2, 0.25) is 0 Å². The smallest absolute Gasteiger partial charge is 0.142 e. The number of rotatable bonds is 4. The zero-order valence-electron chi connectivity index (χ0n) is 25.8. The summed E-state index contributed by atoms with van der Waals surface area (Å²) in [7, 11) is 0. The summed E-state index contributed by atoms with van der Waals surface area (Å²) in [5, 5.41) is 11.6. The summed E-state index contributed by atoms with van der Waals surface area (Å²) in [6.45, 7) is 0. The number of allylic oxidation sites excluding steroid dienone is 3. The Bertz CT molecular complexity index is 2370.